The molecule has 104 valence electrons. The highest BCUT2D eigenvalue weighted by Gasteiger charge is 2.24. The van der Waals surface area contributed by atoms with Gasteiger partial charge in [-0.15, -0.1) is 6.42 Å². The van der Waals surface area contributed by atoms with E-state index in [-0.39, 0.29) is 6.29 Å². The van der Waals surface area contributed by atoms with Gasteiger partial charge >= 0.3 is 0 Å². The molecule has 2 heteroatoms. The maximum Gasteiger partial charge on any atom is 0.156 e. The summed E-state index contributed by atoms with van der Waals surface area (Å²) in [6.07, 6.45) is 11.4. The van der Waals surface area contributed by atoms with E-state index in [2.05, 4.69) is 32.8 Å². The molecule has 18 heavy (non-hydrogen) atoms. The summed E-state index contributed by atoms with van der Waals surface area (Å²) in [5, 5.41) is 0. The van der Waals surface area contributed by atoms with E-state index in [1.54, 1.807) is 0 Å². The monoisotopic (exact) mass is 252 g/mol. The van der Waals surface area contributed by atoms with E-state index in [9.17, 15) is 0 Å². The van der Waals surface area contributed by atoms with Crippen LogP contribution in [-0.4, -0.2) is 18.5 Å². The zero-order valence-electron chi connectivity index (χ0n) is 12.6. The Balaban J connectivity index is 4.13. The lowest BCUT2D eigenvalue weighted by Gasteiger charge is -2.27. The predicted octanol–water partition coefficient (Wildman–Crippen LogP) is 4.30. The van der Waals surface area contributed by atoms with Gasteiger partial charge in [0.05, 0.1) is 0 Å². The third kappa shape index (κ3) is 8.33. The molecule has 0 aromatic rings. The third-order valence-corrected chi connectivity index (χ3v) is 2.76. The van der Waals surface area contributed by atoms with Crippen molar-refractivity contribution >= 4 is 0 Å². The summed E-state index contributed by atoms with van der Waals surface area (Å²) >= 11 is 0. The van der Waals surface area contributed by atoms with Crippen LogP contribution >= 0.6 is 0 Å². The SMILES string of the molecule is C#C[C@](C)(CCC=C(C)C)O[C@@H](C)OCCCC. The quantitative estimate of drug-likeness (QED) is 0.263. The van der Waals surface area contributed by atoms with Gasteiger partial charge < -0.3 is 9.47 Å². The molecule has 0 aliphatic carbocycles. The molecule has 0 aliphatic rings. The van der Waals surface area contributed by atoms with Crippen LogP contribution in [0.2, 0.25) is 0 Å². The number of terminal acetylenes is 1. The standard InChI is InChI=1S/C16H28O2/c1-7-9-13-17-15(5)18-16(6,8-2)12-10-11-14(3)4/h2,11,15H,7,9-10,12-13H2,1,3-6H3/t15-,16+/m0/s1. The molecule has 0 N–H and O–H groups in total. The number of rotatable bonds is 9. The second-order valence-corrected chi connectivity index (χ2v) is 5.11. The van der Waals surface area contributed by atoms with Gasteiger partial charge in [0.2, 0.25) is 0 Å². The average molecular weight is 252 g/mol. The summed E-state index contributed by atoms with van der Waals surface area (Å²) in [7, 11) is 0. The Morgan fingerprint density at radius 1 is 1.44 bits per heavy atom. The molecule has 0 rings (SSSR count). The van der Waals surface area contributed by atoms with Gasteiger partial charge in [-0.2, -0.15) is 0 Å². The van der Waals surface area contributed by atoms with Crippen LogP contribution in [0.5, 0.6) is 0 Å². The van der Waals surface area contributed by atoms with Crippen molar-refractivity contribution in [2.24, 2.45) is 0 Å². The smallest absolute Gasteiger partial charge is 0.156 e. The van der Waals surface area contributed by atoms with Gasteiger partial charge in [0.15, 0.2) is 6.29 Å². The molecule has 0 unspecified atom stereocenters. The third-order valence-electron chi connectivity index (χ3n) is 2.76. The van der Waals surface area contributed by atoms with E-state index in [0.29, 0.717) is 0 Å². The molecule has 0 bridgehead atoms. The zero-order chi connectivity index (χ0) is 14.0. The Labute approximate surface area is 113 Å². The van der Waals surface area contributed by atoms with Crippen molar-refractivity contribution < 1.29 is 9.47 Å². The molecule has 2 atom stereocenters. The van der Waals surface area contributed by atoms with Crippen molar-refractivity contribution in [3.05, 3.63) is 11.6 Å². The molecular formula is C16H28O2. The lowest BCUT2D eigenvalue weighted by atomic mass is 10.00. The fourth-order valence-corrected chi connectivity index (χ4v) is 1.60. The van der Waals surface area contributed by atoms with Crippen LogP contribution in [0.4, 0.5) is 0 Å². The first kappa shape index (κ1) is 17.2. The summed E-state index contributed by atoms with van der Waals surface area (Å²) in [6.45, 7) is 10.9. The summed E-state index contributed by atoms with van der Waals surface area (Å²) in [4.78, 5) is 0. The first-order chi connectivity index (χ1) is 8.43. The number of hydrogen-bond acceptors (Lipinski definition) is 2. The van der Waals surface area contributed by atoms with E-state index in [4.69, 9.17) is 15.9 Å². The largest absolute Gasteiger partial charge is 0.353 e. The van der Waals surface area contributed by atoms with E-state index < -0.39 is 5.60 Å². The van der Waals surface area contributed by atoms with Crippen molar-refractivity contribution in [3.8, 4) is 12.3 Å². The van der Waals surface area contributed by atoms with Crippen molar-refractivity contribution in [2.75, 3.05) is 6.61 Å². The molecule has 0 saturated carbocycles. The highest BCUT2D eigenvalue weighted by Crippen LogP contribution is 2.20. The van der Waals surface area contributed by atoms with Crippen LogP contribution in [0.3, 0.4) is 0 Å². The van der Waals surface area contributed by atoms with Crippen molar-refractivity contribution in [1.82, 2.24) is 0 Å². The Morgan fingerprint density at radius 2 is 2.11 bits per heavy atom. The first-order valence-corrected chi connectivity index (χ1v) is 6.84. The molecule has 0 aromatic carbocycles. The maximum atomic E-state index is 5.83. The van der Waals surface area contributed by atoms with Crippen LogP contribution < -0.4 is 0 Å². The molecule has 2 nitrogen and oxygen atoms in total. The fraction of sp³-hybridized carbons (Fsp3) is 0.750. The van der Waals surface area contributed by atoms with Crippen LogP contribution in [-0.2, 0) is 9.47 Å². The Kier molecular flexibility index (Phi) is 8.79. The Morgan fingerprint density at radius 3 is 2.61 bits per heavy atom. The molecule has 0 aromatic heterocycles. The van der Waals surface area contributed by atoms with Crippen molar-refractivity contribution in [1.29, 1.82) is 0 Å². The summed E-state index contributed by atoms with van der Waals surface area (Å²) < 4.78 is 11.4. The maximum absolute atomic E-state index is 5.83. The van der Waals surface area contributed by atoms with Crippen molar-refractivity contribution in [2.45, 2.75) is 72.2 Å². The van der Waals surface area contributed by atoms with Crippen LogP contribution in [0.25, 0.3) is 0 Å². The topological polar surface area (TPSA) is 18.5 Å². The van der Waals surface area contributed by atoms with Gasteiger partial charge in [-0.25, -0.2) is 0 Å². The lowest BCUT2D eigenvalue weighted by molar-refractivity contribution is -0.179. The van der Waals surface area contributed by atoms with Gasteiger partial charge in [-0.05, 0) is 47.0 Å². The first-order valence-electron chi connectivity index (χ1n) is 6.84. The molecule has 0 heterocycles. The van der Waals surface area contributed by atoms with Crippen LogP contribution in [0, 0.1) is 12.3 Å². The fourth-order valence-electron chi connectivity index (χ4n) is 1.60. The van der Waals surface area contributed by atoms with Gasteiger partial charge in [0.25, 0.3) is 0 Å². The Hall–Kier alpha value is -0.780. The lowest BCUT2D eigenvalue weighted by Crippen LogP contribution is -2.32. The second-order valence-electron chi connectivity index (χ2n) is 5.11. The molecular weight excluding hydrogens is 224 g/mol. The molecule has 0 radical (unpaired) electrons. The van der Waals surface area contributed by atoms with E-state index >= 15 is 0 Å². The molecule has 0 aliphatic heterocycles. The summed E-state index contributed by atoms with van der Waals surface area (Å²) in [5.74, 6) is 2.74. The second kappa shape index (κ2) is 9.19. The minimum absolute atomic E-state index is 0.246. The van der Waals surface area contributed by atoms with E-state index in [1.807, 2.05) is 13.8 Å². The highest BCUT2D eigenvalue weighted by molar-refractivity contribution is 5.07. The number of hydrogen-bond donors (Lipinski definition) is 0. The zero-order valence-corrected chi connectivity index (χ0v) is 12.6. The number of ether oxygens (including phenoxy) is 2. The van der Waals surface area contributed by atoms with Crippen LogP contribution in [0.1, 0.15) is 60.3 Å². The average Bonchev–Trinajstić information content (AvgIpc) is 2.28. The van der Waals surface area contributed by atoms with Crippen LogP contribution in [0.15, 0.2) is 11.6 Å². The van der Waals surface area contributed by atoms with Gasteiger partial charge in [-0.1, -0.05) is 30.9 Å². The molecule has 0 saturated heterocycles. The van der Waals surface area contributed by atoms with Gasteiger partial charge in [0, 0.05) is 6.61 Å². The number of unbranched alkanes of at least 4 members (excludes halogenated alkanes) is 1. The predicted molar refractivity (Wildman–Crippen MR) is 77.3 cm³/mol. The van der Waals surface area contributed by atoms with E-state index in [0.717, 1.165) is 32.3 Å². The highest BCUT2D eigenvalue weighted by atomic mass is 16.7. The minimum atomic E-state index is -0.544. The van der Waals surface area contributed by atoms with Gasteiger partial charge in [-0.3, -0.25) is 0 Å². The molecule has 0 amide bonds. The summed E-state index contributed by atoms with van der Waals surface area (Å²) in [5.41, 5.74) is 0.763. The summed E-state index contributed by atoms with van der Waals surface area (Å²) in [6, 6.07) is 0. The molecule has 0 spiro atoms. The van der Waals surface area contributed by atoms with E-state index in [1.165, 1.54) is 5.57 Å². The molecule has 0 fully saturated rings. The van der Waals surface area contributed by atoms with Crippen molar-refractivity contribution in [3.63, 3.8) is 0 Å². The minimum Gasteiger partial charge on any atom is -0.353 e. The number of allylic oxidation sites excluding steroid dienone is 2. The normalized spacial score (nSPS) is 15.6. The van der Waals surface area contributed by atoms with Gasteiger partial charge in [0.1, 0.15) is 5.60 Å². The Bertz CT molecular complexity index is 284.